The van der Waals surface area contributed by atoms with Gasteiger partial charge in [0.05, 0.1) is 36.2 Å². The van der Waals surface area contributed by atoms with Gasteiger partial charge in [0, 0.05) is 0 Å². The van der Waals surface area contributed by atoms with Crippen LogP contribution in [0.5, 0.6) is 0 Å². The summed E-state index contributed by atoms with van der Waals surface area (Å²) in [5.41, 5.74) is 0. The number of rotatable bonds is 48. The summed E-state index contributed by atoms with van der Waals surface area (Å²) in [6, 6.07) is 0. The molecule has 0 rings (SSSR count). The summed E-state index contributed by atoms with van der Waals surface area (Å²) in [4.78, 5) is 30.9. The fourth-order valence-electron chi connectivity index (χ4n) is 7.95. The molecule has 3 unspecified atom stereocenters. The minimum absolute atomic E-state index is 0. The van der Waals surface area contributed by atoms with Crippen LogP contribution in [0.3, 0.4) is 0 Å². The van der Waals surface area contributed by atoms with E-state index in [1.807, 2.05) is 0 Å². The molecule has 0 aliphatic rings. The number of aliphatic hydroxyl groups is 3. The molecule has 1 radical (unpaired) electrons. The fourth-order valence-corrected chi connectivity index (χ4v) is 7.95. The van der Waals surface area contributed by atoms with Crippen molar-refractivity contribution in [3.63, 3.8) is 0 Å². The Labute approximate surface area is 406 Å². The van der Waals surface area contributed by atoms with Crippen molar-refractivity contribution in [3.8, 4) is 0 Å². The molecule has 0 heterocycles. The predicted octanol–water partition coefficient (Wildman–Crippen LogP) is 11.9. The van der Waals surface area contributed by atoms with Crippen molar-refractivity contribution in [2.24, 2.45) is 0 Å². The van der Waals surface area contributed by atoms with Gasteiger partial charge in [0.1, 0.15) is 0 Å². The Bertz CT molecular complexity index is 807. The number of hydrogen-bond donors (Lipinski definition) is 3. The van der Waals surface area contributed by atoms with E-state index in [0.717, 1.165) is 57.8 Å². The first kappa shape index (κ1) is 69.4. The molecule has 0 fully saturated rings. The van der Waals surface area contributed by atoms with Gasteiger partial charge in [-0.3, -0.25) is 0 Å². The largest absolute Gasteiger partial charge is 3.00 e. The number of unbranched alkanes of at least 4 members (excludes halogenated alkanes) is 39. The number of carbonyl (C=O) groups is 3. The summed E-state index contributed by atoms with van der Waals surface area (Å²) in [6.07, 6.45) is 50.8. The molecular weight excluding hydrogens is 848 g/mol. The molecule has 3 N–H and O–H groups in total. The normalized spacial score (nSPS) is 12.3. The zero-order valence-electron chi connectivity index (χ0n) is 42.2. The van der Waals surface area contributed by atoms with Crippen molar-refractivity contribution in [1.29, 1.82) is 0 Å². The first-order valence-electron chi connectivity index (χ1n) is 27.2. The monoisotopic (exact) mass is 954 g/mol. The summed E-state index contributed by atoms with van der Waals surface area (Å²) in [5.74, 6) is -4.03. The minimum atomic E-state index is -1.34. The van der Waals surface area contributed by atoms with E-state index in [-0.39, 0.29) is 17.1 Å². The molecule has 0 aromatic rings. The molecule has 9 nitrogen and oxygen atoms in total. The molecule has 0 aromatic carbocycles. The van der Waals surface area contributed by atoms with Crippen LogP contribution in [0.2, 0.25) is 0 Å². The summed E-state index contributed by atoms with van der Waals surface area (Å²) in [5, 5.41) is 58.1. The second-order valence-corrected chi connectivity index (χ2v) is 18.7. The Morgan fingerprint density at radius 3 is 0.484 bits per heavy atom. The fraction of sp³-hybridized carbons (Fsp3) is 0.944. The number of aliphatic hydroxyl groups excluding tert-OH is 3. The van der Waals surface area contributed by atoms with Crippen LogP contribution in [0.25, 0.3) is 0 Å². The number of carboxylic acids is 3. The molecule has 0 saturated carbocycles. The van der Waals surface area contributed by atoms with Crippen LogP contribution >= 0.6 is 0 Å². The van der Waals surface area contributed by atoms with Crippen molar-refractivity contribution in [2.75, 3.05) is 0 Å². The Kier molecular flexibility index (Phi) is 64.9. The van der Waals surface area contributed by atoms with Gasteiger partial charge >= 0.3 is 17.1 Å². The van der Waals surface area contributed by atoms with E-state index in [2.05, 4.69) is 20.8 Å². The average Bonchev–Trinajstić information content (AvgIpc) is 3.26. The third-order valence-corrected chi connectivity index (χ3v) is 12.3. The number of hydrogen-bond acceptors (Lipinski definition) is 9. The van der Waals surface area contributed by atoms with Gasteiger partial charge < -0.3 is 45.0 Å². The predicted molar refractivity (Wildman–Crippen MR) is 258 cm³/mol. The van der Waals surface area contributed by atoms with Crippen LogP contribution in [0.1, 0.15) is 310 Å². The van der Waals surface area contributed by atoms with E-state index in [1.54, 1.807) is 0 Å². The van der Waals surface area contributed by atoms with Gasteiger partial charge in [-0.15, -0.1) is 0 Å². The third kappa shape index (κ3) is 62.9. The van der Waals surface area contributed by atoms with Crippen molar-refractivity contribution < 1.29 is 62.1 Å². The van der Waals surface area contributed by atoms with E-state index < -0.39 is 36.2 Å². The molecule has 0 spiro atoms. The molecule has 10 heteroatoms. The quantitative estimate of drug-likeness (QED) is 0.0395. The molecule has 0 aromatic heterocycles. The molecular formula is C54H105FeO9. The third-order valence-electron chi connectivity index (χ3n) is 12.3. The van der Waals surface area contributed by atoms with Crippen LogP contribution < -0.4 is 15.3 Å². The van der Waals surface area contributed by atoms with E-state index in [9.17, 15) is 29.7 Å². The Balaban J connectivity index is -0.000000419. The van der Waals surface area contributed by atoms with Gasteiger partial charge in [0.25, 0.3) is 0 Å². The Morgan fingerprint density at radius 2 is 0.375 bits per heavy atom. The van der Waals surface area contributed by atoms with Gasteiger partial charge in [-0.05, 0) is 19.3 Å². The molecule has 0 amide bonds. The van der Waals surface area contributed by atoms with Crippen LogP contribution in [0.4, 0.5) is 0 Å². The molecule has 64 heavy (non-hydrogen) atoms. The maximum atomic E-state index is 10.3. The first-order chi connectivity index (χ1) is 30.5. The summed E-state index contributed by atoms with van der Waals surface area (Å²) >= 11 is 0. The van der Waals surface area contributed by atoms with Gasteiger partial charge in [-0.25, -0.2) is 0 Å². The number of carboxylic acid groups (broad SMARTS) is 3. The van der Waals surface area contributed by atoms with Crippen molar-refractivity contribution in [1.82, 2.24) is 0 Å². The van der Waals surface area contributed by atoms with Crippen molar-refractivity contribution in [3.05, 3.63) is 0 Å². The van der Waals surface area contributed by atoms with Crippen LogP contribution in [-0.4, -0.2) is 51.5 Å². The second-order valence-electron chi connectivity index (χ2n) is 18.7. The van der Waals surface area contributed by atoms with Crippen molar-refractivity contribution in [2.45, 2.75) is 328 Å². The van der Waals surface area contributed by atoms with E-state index in [4.69, 9.17) is 15.3 Å². The summed E-state index contributed by atoms with van der Waals surface area (Å²) in [7, 11) is 0. The average molecular weight is 954 g/mol. The molecule has 0 aliphatic heterocycles. The van der Waals surface area contributed by atoms with E-state index in [1.165, 1.54) is 212 Å². The maximum Gasteiger partial charge on any atom is 3.00 e. The SMILES string of the molecule is CCCCCCCCCCCCCCCCC(O)C(=O)[O-].CCCCCCCCCCCCCCCCC(O)C(=O)[O-].CCCCCCCCCCCCCCCCC(O)C(=O)[O-].[Fe+3]. The molecule has 0 aliphatic carbocycles. The van der Waals surface area contributed by atoms with Crippen LogP contribution in [-0.2, 0) is 31.5 Å². The standard InChI is InChI=1S/3C18H36O3.Fe/c3*1-2-3-4-5-6-7-8-9-10-11-12-13-14-15-16-17(19)18(20)21;/h3*17,19H,2-16H2,1H3,(H,20,21);/q;;;+3/p-3. The molecule has 3 atom stereocenters. The first-order valence-corrected chi connectivity index (χ1v) is 27.2. The summed E-state index contributed by atoms with van der Waals surface area (Å²) < 4.78 is 0. The smallest absolute Gasteiger partial charge is 0.547 e. The topological polar surface area (TPSA) is 181 Å². The molecule has 383 valence electrons. The second kappa shape index (κ2) is 59.8. The van der Waals surface area contributed by atoms with Crippen LogP contribution in [0, 0.1) is 0 Å². The molecule has 0 saturated heterocycles. The summed E-state index contributed by atoms with van der Waals surface area (Å²) in [6.45, 7) is 6.77. The zero-order valence-corrected chi connectivity index (χ0v) is 43.3. The van der Waals surface area contributed by atoms with Crippen LogP contribution in [0.15, 0.2) is 0 Å². The zero-order chi connectivity index (χ0) is 47.3. The van der Waals surface area contributed by atoms with E-state index in [0.29, 0.717) is 19.3 Å². The number of carbonyl (C=O) groups excluding carboxylic acids is 3. The minimum Gasteiger partial charge on any atom is -0.547 e. The van der Waals surface area contributed by atoms with Gasteiger partial charge in [-0.1, -0.05) is 290 Å². The van der Waals surface area contributed by atoms with Gasteiger partial charge in [-0.2, -0.15) is 0 Å². The van der Waals surface area contributed by atoms with E-state index >= 15 is 0 Å². The van der Waals surface area contributed by atoms with Gasteiger partial charge in [0.2, 0.25) is 0 Å². The van der Waals surface area contributed by atoms with Crippen molar-refractivity contribution >= 4 is 17.9 Å². The number of aliphatic carboxylic acids is 3. The maximum absolute atomic E-state index is 10.3. The Morgan fingerprint density at radius 1 is 0.266 bits per heavy atom. The molecule has 0 bridgehead atoms. The van der Waals surface area contributed by atoms with Gasteiger partial charge in [0.15, 0.2) is 0 Å². The Hall–Kier alpha value is -1.19.